The lowest BCUT2D eigenvalue weighted by Crippen LogP contribution is -1.96. The van der Waals surface area contributed by atoms with Crippen molar-refractivity contribution in [3.8, 4) is 17.0 Å². The maximum atomic E-state index is 13.9. The van der Waals surface area contributed by atoms with Crippen molar-refractivity contribution in [2.45, 2.75) is 18.9 Å². The standard InChI is InChI=1S/C15H14FNO2/c1-19-9-2-4-12(16)11(8-9)14-5-3-10-13(17-14)6-7-15(10)18/h2-5,8,15,18H,6-7H2,1H3. The number of aliphatic hydroxyl groups excluding tert-OH is 1. The van der Waals surface area contributed by atoms with E-state index in [1.165, 1.54) is 6.07 Å². The van der Waals surface area contributed by atoms with Gasteiger partial charge in [0.1, 0.15) is 11.6 Å². The normalized spacial score (nSPS) is 17.3. The second kappa shape index (κ2) is 4.63. The molecular weight excluding hydrogens is 245 g/mol. The summed E-state index contributed by atoms with van der Waals surface area (Å²) in [7, 11) is 1.55. The van der Waals surface area contributed by atoms with Crippen LogP contribution in [0.25, 0.3) is 11.3 Å². The van der Waals surface area contributed by atoms with Crippen LogP contribution in [0.4, 0.5) is 4.39 Å². The fourth-order valence-corrected chi connectivity index (χ4v) is 2.42. The Kier molecular flexibility index (Phi) is 2.95. The summed E-state index contributed by atoms with van der Waals surface area (Å²) in [4.78, 5) is 4.45. The molecule has 1 aliphatic rings. The molecule has 19 heavy (non-hydrogen) atoms. The van der Waals surface area contributed by atoms with Gasteiger partial charge in [-0.2, -0.15) is 0 Å². The van der Waals surface area contributed by atoms with Crippen molar-refractivity contribution in [1.29, 1.82) is 0 Å². The van der Waals surface area contributed by atoms with Gasteiger partial charge in [0.25, 0.3) is 0 Å². The second-order valence-electron chi connectivity index (χ2n) is 4.63. The van der Waals surface area contributed by atoms with Gasteiger partial charge in [-0.05, 0) is 37.1 Å². The highest BCUT2D eigenvalue weighted by Crippen LogP contribution is 2.33. The van der Waals surface area contributed by atoms with Gasteiger partial charge in [0, 0.05) is 16.8 Å². The molecule has 0 aliphatic heterocycles. The van der Waals surface area contributed by atoms with Crippen molar-refractivity contribution in [1.82, 2.24) is 4.98 Å². The van der Waals surface area contributed by atoms with E-state index in [9.17, 15) is 9.50 Å². The van der Waals surface area contributed by atoms with E-state index in [4.69, 9.17) is 4.74 Å². The molecule has 0 bridgehead atoms. The van der Waals surface area contributed by atoms with Gasteiger partial charge in [0.15, 0.2) is 0 Å². The van der Waals surface area contributed by atoms with Crippen LogP contribution >= 0.6 is 0 Å². The first-order chi connectivity index (χ1) is 9.19. The van der Waals surface area contributed by atoms with E-state index in [2.05, 4.69) is 4.98 Å². The molecule has 4 heteroatoms. The summed E-state index contributed by atoms with van der Waals surface area (Å²) >= 11 is 0. The summed E-state index contributed by atoms with van der Waals surface area (Å²) in [5.74, 6) is 0.269. The van der Waals surface area contributed by atoms with Crippen LogP contribution < -0.4 is 4.74 Å². The van der Waals surface area contributed by atoms with E-state index in [0.717, 1.165) is 17.7 Å². The summed E-state index contributed by atoms with van der Waals surface area (Å²) in [6.45, 7) is 0. The summed E-state index contributed by atoms with van der Waals surface area (Å²) in [5.41, 5.74) is 2.70. The number of aromatic nitrogens is 1. The molecule has 0 spiro atoms. The molecule has 3 nitrogen and oxygen atoms in total. The lowest BCUT2D eigenvalue weighted by Gasteiger charge is -2.08. The molecule has 98 valence electrons. The van der Waals surface area contributed by atoms with Gasteiger partial charge in [0.05, 0.1) is 18.9 Å². The summed E-state index contributed by atoms with van der Waals surface area (Å²) in [6, 6.07) is 8.16. The SMILES string of the molecule is COc1ccc(F)c(-c2ccc3c(n2)CCC3O)c1. The van der Waals surface area contributed by atoms with Crippen molar-refractivity contribution >= 4 is 0 Å². The van der Waals surface area contributed by atoms with Crippen LogP contribution in [-0.2, 0) is 6.42 Å². The van der Waals surface area contributed by atoms with Gasteiger partial charge >= 0.3 is 0 Å². The molecule has 1 N–H and O–H groups in total. The molecule has 1 aromatic heterocycles. The van der Waals surface area contributed by atoms with E-state index < -0.39 is 6.10 Å². The quantitative estimate of drug-likeness (QED) is 0.901. The van der Waals surface area contributed by atoms with Gasteiger partial charge in [0.2, 0.25) is 0 Å². The lowest BCUT2D eigenvalue weighted by molar-refractivity contribution is 0.180. The highest BCUT2D eigenvalue weighted by Gasteiger charge is 2.22. The van der Waals surface area contributed by atoms with E-state index in [1.54, 1.807) is 25.3 Å². The number of aryl methyl sites for hydroxylation is 1. The summed E-state index contributed by atoms with van der Waals surface area (Å²) in [6.07, 6.45) is 0.981. The molecule has 0 amide bonds. The Morgan fingerprint density at radius 2 is 2.16 bits per heavy atom. The Labute approximate surface area is 110 Å². The third-order valence-corrected chi connectivity index (χ3v) is 3.47. The molecule has 0 fully saturated rings. The van der Waals surface area contributed by atoms with E-state index >= 15 is 0 Å². The number of ether oxygens (including phenoxy) is 1. The van der Waals surface area contributed by atoms with Crippen molar-refractivity contribution in [3.63, 3.8) is 0 Å². The molecular formula is C15H14FNO2. The number of nitrogens with zero attached hydrogens (tertiary/aromatic N) is 1. The zero-order valence-electron chi connectivity index (χ0n) is 10.6. The molecule has 1 aromatic carbocycles. The maximum Gasteiger partial charge on any atom is 0.132 e. The smallest absolute Gasteiger partial charge is 0.132 e. The Hall–Kier alpha value is -1.94. The van der Waals surface area contributed by atoms with Crippen LogP contribution in [0.3, 0.4) is 0 Å². The molecule has 2 aromatic rings. The van der Waals surface area contributed by atoms with E-state index in [-0.39, 0.29) is 5.82 Å². The van der Waals surface area contributed by atoms with Crippen molar-refractivity contribution in [2.75, 3.05) is 7.11 Å². The number of fused-ring (bicyclic) bond motifs is 1. The Bertz CT molecular complexity index is 628. The van der Waals surface area contributed by atoms with Gasteiger partial charge < -0.3 is 9.84 Å². The highest BCUT2D eigenvalue weighted by molar-refractivity contribution is 5.63. The molecule has 3 rings (SSSR count). The fourth-order valence-electron chi connectivity index (χ4n) is 2.42. The Morgan fingerprint density at radius 1 is 1.32 bits per heavy atom. The minimum absolute atomic E-state index is 0.327. The monoisotopic (exact) mass is 259 g/mol. The van der Waals surface area contributed by atoms with Crippen LogP contribution in [0.1, 0.15) is 23.8 Å². The van der Waals surface area contributed by atoms with Crippen LogP contribution in [0.5, 0.6) is 5.75 Å². The average molecular weight is 259 g/mol. The zero-order valence-corrected chi connectivity index (χ0v) is 10.6. The number of halogens is 1. The molecule has 0 saturated heterocycles. The van der Waals surface area contributed by atoms with Gasteiger partial charge in [-0.3, -0.25) is 4.98 Å². The lowest BCUT2D eigenvalue weighted by atomic mass is 10.1. The fraction of sp³-hybridized carbons (Fsp3) is 0.267. The van der Waals surface area contributed by atoms with Crippen molar-refractivity contribution in [2.24, 2.45) is 0 Å². The minimum Gasteiger partial charge on any atom is -0.497 e. The van der Waals surface area contributed by atoms with Crippen LogP contribution in [0.2, 0.25) is 0 Å². The summed E-state index contributed by atoms with van der Waals surface area (Å²) < 4.78 is 19.0. The van der Waals surface area contributed by atoms with Gasteiger partial charge in [-0.1, -0.05) is 6.07 Å². The third kappa shape index (κ3) is 2.08. The number of rotatable bonds is 2. The predicted octanol–water partition coefficient (Wildman–Crippen LogP) is 2.88. The first-order valence-electron chi connectivity index (χ1n) is 6.21. The number of aliphatic hydroxyl groups is 1. The summed E-state index contributed by atoms with van der Waals surface area (Å²) in [5, 5.41) is 9.75. The molecule has 1 heterocycles. The van der Waals surface area contributed by atoms with Crippen LogP contribution in [-0.4, -0.2) is 17.2 Å². The number of hydrogen-bond acceptors (Lipinski definition) is 3. The first kappa shape index (κ1) is 12.1. The highest BCUT2D eigenvalue weighted by atomic mass is 19.1. The largest absolute Gasteiger partial charge is 0.497 e. The predicted molar refractivity (Wildman–Crippen MR) is 69.5 cm³/mol. The third-order valence-electron chi connectivity index (χ3n) is 3.47. The van der Waals surface area contributed by atoms with Crippen molar-refractivity contribution in [3.05, 3.63) is 47.4 Å². The van der Waals surface area contributed by atoms with Crippen LogP contribution in [0, 0.1) is 5.82 Å². The van der Waals surface area contributed by atoms with E-state index in [1.807, 2.05) is 6.07 Å². The molecule has 0 saturated carbocycles. The number of methoxy groups -OCH3 is 1. The van der Waals surface area contributed by atoms with Crippen molar-refractivity contribution < 1.29 is 14.2 Å². The van der Waals surface area contributed by atoms with E-state index in [0.29, 0.717) is 23.4 Å². The molecule has 1 unspecified atom stereocenters. The number of pyridine rings is 1. The number of benzene rings is 1. The topological polar surface area (TPSA) is 42.4 Å². The van der Waals surface area contributed by atoms with Crippen LogP contribution in [0.15, 0.2) is 30.3 Å². The Balaban J connectivity index is 2.08. The second-order valence-corrected chi connectivity index (χ2v) is 4.63. The first-order valence-corrected chi connectivity index (χ1v) is 6.21. The number of hydrogen-bond donors (Lipinski definition) is 1. The van der Waals surface area contributed by atoms with Gasteiger partial charge in [-0.25, -0.2) is 4.39 Å². The zero-order chi connectivity index (χ0) is 13.4. The molecule has 1 aliphatic carbocycles. The maximum absolute atomic E-state index is 13.9. The Morgan fingerprint density at radius 3 is 2.95 bits per heavy atom. The molecule has 1 atom stereocenters. The van der Waals surface area contributed by atoms with Gasteiger partial charge in [-0.15, -0.1) is 0 Å². The average Bonchev–Trinajstić information content (AvgIpc) is 2.80. The minimum atomic E-state index is -0.438. The molecule has 0 radical (unpaired) electrons.